The second-order valence-electron chi connectivity index (χ2n) is 2.30. The number of carbonyl (C=O) groups is 1. The number of rotatable bonds is 2. The maximum Gasteiger partial charge on any atom is 0.410 e. The number of methoxy groups -OCH3 is 1. The lowest BCUT2D eigenvalue weighted by atomic mass is 10.5. The molecule has 0 aliphatic rings. The van der Waals surface area contributed by atoms with Gasteiger partial charge in [-0.15, -0.1) is 0 Å². The molecule has 0 fully saturated rings. The molecular formula is C7H9N3O3. The maximum absolute atomic E-state index is 10.3. The first-order chi connectivity index (χ1) is 6.13. The van der Waals surface area contributed by atoms with Crippen molar-refractivity contribution in [3.63, 3.8) is 0 Å². The molecule has 6 heteroatoms. The topological polar surface area (TPSA) is 84.3 Å². The number of aryl methyl sites for hydroxylation is 1. The molecule has 0 bridgehead atoms. The minimum absolute atomic E-state index is 0.0978. The predicted octanol–water partition coefficient (Wildman–Crippen LogP) is 0.884. The van der Waals surface area contributed by atoms with Crippen molar-refractivity contribution in [1.82, 2.24) is 9.97 Å². The number of hydrogen-bond donors (Lipinski definition) is 2. The molecule has 0 atom stereocenters. The zero-order chi connectivity index (χ0) is 9.84. The molecule has 0 radical (unpaired) electrons. The summed E-state index contributed by atoms with van der Waals surface area (Å²) in [6.45, 7) is 1.74. The average Bonchev–Trinajstić information content (AvgIpc) is 2.07. The van der Waals surface area contributed by atoms with Crippen molar-refractivity contribution >= 4 is 11.9 Å². The Labute approximate surface area is 74.6 Å². The molecule has 0 spiro atoms. The molecular weight excluding hydrogens is 174 g/mol. The second kappa shape index (κ2) is 3.70. The lowest BCUT2D eigenvalue weighted by Crippen LogP contribution is -2.11. The van der Waals surface area contributed by atoms with Crippen molar-refractivity contribution in [2.45, 2.75) is 6.92 Å². The van der Waals surface area contributed by atoms with E-state index in [-0.39, 0.29) is 11.7 Å². The molecule has 0 aromatic carbocycles. The third kappa shape index (κ3) is 2.29. The van der Waals surface area contributed by atoms with Crippen molar-refractivity contribution < 1.29 is 14.6 Å². The summed E-state index contributed by atoms with van der Waals surface area (Å²) in [6.07, 6.45) is 0.254. The van der Waals surface area contributed by atoms with Crippen molar-refractivity contribution in [3.8, 4) is 5.88 Å². The molecule has 1 amide bonds. The third-order valence-electron chi connectivity index (χ3n) is 1.28. The van der Waals surface area contributed by atoms with Crippen LogP contribution < -0.4 is 10.1 Å². The van der Waals surface area contributed by atoms with Crippen LogP contribution in [0.5, 0.6) is 5.88 Å². The zero-order valence-electron chi connectivity index (χ0n) is 7.24. The Kier molecular flexibility index (Phi) is 2.63. The summed E-state index contributed by atoms with van der Waals surface area (Å²) in [5.41, 5.74) is 0.660. The summed E-state index contributed by atoms with van der Waals surface area (Å²) in [4.78, 5) is 18.0. The van der Waals surface area contributed by atoms with E-state index >= 15 is 0 Å². The number of nitrogens with zero attached hydrogens (tertiary/aromatic N) is 2. The standard InChI is InChI=1S/C7H9N3O3/c1-4-3-8-5(10-7(11)12)6(9-4)13-2/h3H,1-2H3,(H,8,10)(H,11,12). The fraction of sp³-hybridized carbons (Fsp3) is 0.286. The molecule has 0 aliphatic heterocycles. The smallest absolute Gasteiger partial charge is 0.410 e. The van der Waals surface area contributed by atoms with Crippen LogP contribution in [0, 0.1) is 6.92 Å². The van der Waals surface area contributed by atoms with Gasteiger partial charge >= 0.3 is 6.09 Å². The van der Waals surface area contributed by atoms with Gasteiger partial charge in [0, 0.05) is 0 Å². The van der Waals surface area contributed by atoms with Gasteiger partial charge in [0.15, 0.2) is 5.82 Å². The van der Waals surface area contributed by atoms with Crippen LogP contribution in [-0.4, -0.2) is 28.3 Å². The van der Waals surface area contributed by atoms with Crippen LogP contribution in [0.25, 0.3) is 0 Å². The molecule has 70 valence electrons. The molecule has 1 aromatic rings. The molecule has 0 saturated heterocycles. The Morgan fingerprint density at radius 3 is 2.92 bits per heavy atom. The van der Waals surface area contributed by atoms with E-state index in [2.05, 4.69) is 15.3 Å². The molecule has 1 aromatic heterocycles. The maximum atomic E-state index is 10.3. The Morgan fingerprint density at radius 1 is 1.69 bits per heavy atom. The van der Waals surface area contributed by atoms with Gasteiger partial charge in [0.25, 0.3) is 5.88 Å². The normalized spacial score (nSPS) is 9.38. The highest BCUT2D eigenvalue weighted by Crippen LogP contribution is 2.17. The van der Waals surface area contributed by atoms with Gasteiger partial charge in [-0.1, -0.05) is 0 Å². The van der Waals surface area contributed by atoms with Gasteiger partial charge in [-0.05, 0) is 6.92 Å². The van der Waals surface area contributed by atoms with Gasteiger partial charge in [-0.3, -0.25) is 5.32 Å². The molecule has 0 saturated carbocycles. The fourth-order valence-electron chi connectivity index (χ4n) is 0.785. The average molecular weight is 183 g/mol. The number of amides is 1. The van der Waals surface area contributed by atoms with Crippen LogP contribution in [0.15, 0.2) is 6.20 Å². The Bertz CT molecular complexity index is 327. The summed E-state index contributed by atoms with van der Waals surface area (Å²) in [7, 11) is 1.40. The first kappa shape index (κ1) is 9.24. The van der Waals surface area contributed by atoms with Crippen molar-refractivity contribution in [2.75, 3.05) is 12.4 Å². The minimum Gasteiger partial charge on any atom is -0.478 e. The van der Waals surface area contributed by atoms with E-state index in [1.807, 2.05) is 0 Å². The SMILES string of the molecule is COc1nc(C)cnc1NC(=O)O. The largest absolute Gasteiger partial charge is 0.478 e. The number of nitrogens with one attached hydrogen (secondary N) is 1. The summed E-state index contributed by atoms with van der Waals surface area (Å²) >= 11 is 0. The molecule has 6 nitrogen and oxygen atoms in total. The van der Waals surface area contributed by atoms with Crippen molar-refractivity contribution in [1.29, 1.82) is 0 Å². The molecule has 2 N–H and O–H groups in total. The monoisotopic (exact) mass is 183 g/mol. The van der Waals surface area contributed by atoms with Gasteiger partial charge in [0.2, 0.25) is 0 Å². The van der Waals surface area contributed by atoms with E-state index in [1.165, 1.54) is 13.3 Å². The van der Waals surface area contributed by atoms with Gasteiger partial charge in [0.05, 0.1) is 19.0 Å². The molecule has 1 rings (SSSR count). The predicted molar refractivity (Wildman–Crippen MR) is 45.0 cm³/mol. The molecule has 1 heterocycles. The van der Waals surface area contributed by atoms with Gasteiger partial charge in [-0.25, -0.2) is 14.8 Å². The number of ether oxygens (including phenoxy) is 1. The van der Waals surface area contributed by atoms with Crippen LogP contribution in [0.1, 0.15) is 5.69 Å². The lowest BCUT2D eigenvalue weighted by molar-refractivity contribution is 0.209. The van der Waals surface area contributed by atoms with Crippen molar-refractivity contribution in [3.05, 3.63) is 11.9 Å². The van der Waals surface area contributed by atoms with E-state index in [0.717, 1.165) is 0 Å². The van der Waals surface area contributed by atoms with Crippen LogP contribution in [0.3, 0.4) is 0 Å². The van der Waals surface area contributed by atoms with Crippen molar-refractivity contribution in [2.24, 2.45) is 0 Å². The first-order valence-electron chi connectivity index (χ1n) is 3.51. The molecule has 0 unspecified atom stereocenters. The lowest BCUT2D eigenvalue weighted by Gasteiger charge is -2.05. The van der Waals surface area contributed by atoms with E-state index in [4.69, 9.17) is 9.84 Å². The summed E-state index contributed by atoms with van der Waals surface area (Å²) in [5, 5.41) is 10.5. The van der Waals surface area contributed by atoms with Crippen LogP contribution >= 0.6 is 0 Å². The zero-order valence-corrected chi connectivity index (χ0v) is 7.24. The van der Waals surface area contributed by atoms with E-state index in [1.54, 1.807) is 6.92 Å². The van der Waals surface area contributed by atoms with Gasteiger partial charge < -0.3 is 9.84 Å². The number of carboxylic acid groups (broad SMARTS) is 1. The van der Waals surface area contributed by atoms with Gasteiger partial charge in [0.1, 0.15) is 0 Å². The van der Waals surface area contributed by atoms with E-state index in [9.17, 15) is 4.79 Å². The van der Waals surface area contributed by atoms with E-state index in [0.29, 0.717) is 5.69 Å². The Hall–Kier alpha value is -1.85. The highest BCUT2D eigenvalue weighted by Gasteiger charge is 2.08. The third-order valence-corrected chi connectivity index (χ3v) is 1.28. The first-order valence-corrected chi connectivity index (χ1v) is 3.51. The van der Waals surface area contributed by atoms with Crippen LogP contribution in [0.4, 0.5) is 10.6 Å². The van der Waals surface area contributed by atoms with Crippen LogP contribution in [-0.2, 0) is 0 Å². The Balaban J connectivity index is 2.99. The number of hydrogen-bond acceptors (Lipinski definition) is 4. The molecule has 13 heavy (non-hydrogen) atoms. The fourth-order valence-corrected chi connectivity index (χ4v) is 0.785. The van der Waals surface area contributed by atoms with E-state index < -0.39 is 6.09 Å². The summed E-state index contributed by atoms with van der Waals surface area (Å²) in [5.74, 6) is 0.267. The minimum atomic E-state index is -1.20. The number of aromatic nitrogens is 2. The number of anilines is 1. The summed E-state index contributed by atoms with van der Waals surface area (Å²) < 4.78 is 4.83. The molecule has 0 aliphatic carbocycles. The highest BCUT2D eigenvalue weighted by atomic mass is 16.5. The summed E-state index contributed by atoms with van der Waals surface area (Å²) in [6, 6.07) is 0. The Morgan fingerprint density at radius 2 is 2.38 bits per heavy atom. The van der Waals surface area contributed by atoms with Crippen LogP contribution in [0.2, 0.25) is 0 Å². The highest BCUT2D eigenvalue weighted by molar-refractivity contribution is 5.82. The quantitative estimate of drug-likeness (QED) is 0.711. The van der Waals surface area contributed by atoms with Gasteiger partial charge in [-0.2, -0.15) is 0 Å². The second-order valence-corrected chi connectivity index (χ2v) is 2.30.